The van der Waals surface area contributed by atoms with E-state index in [0.29, 0.717) is 30.2 Å². The maximum atomic E-state index is 13.7. The highest BCUT2D eigenvalue weighted by Gasteiger charge is 2.48. The van der Waals surface area contributed by atoms with Gasteiger partial charge in [0, 0.05) is 48.7 Å². The third-order valence-electron chi connectivity index (χ3n) is 8.15. The van der Waals surface area contributed by atoms with E-state index in [4.69, 9.17) is 9.72 Å². The number of ether oxygens (including phenoxy) is 1. The van der Waals surface area contributed by atoms with Crippen molar-refractivity contribution in [2.75, 3.05) is 31.7 Å². The van der Waals surface area contributed by atoms with Gasteiger partial charge in [-0.3, -0.25) is 14.6 Å². The van der Waals surface area contributed by atoms with Gasteiger partial charge in [-0.15, -0.1) is 0 Å². The highest BCUT2D eigenvalue weighted by Crippen LogP contribution is 2.45. The van der Waals surface area contributed by atoms with Gasteiger partial charge >= 0.3 is 0 Å². The van der Waals surface area contributed by atoms with Crippen molar-refractivity contribution in [2.45, 2.75) is 65.1 Å². The number of aliphatic hydroxyl groups is 1. The summed E-state index contributed by atoms with van der Waals surface area (Å²) in [5.41, 5.74) is 4.27. The van der Waals surface area contributed by atoms with Crippen LogP contribution in [0.3, 0.4) is 0 Å². The first-order valence-electron chi connectivity index (χ1n) is 13.9. The minimum Gasteiger partial charge on any atom is -0.394 e. The van der Waals surface area contributed by atoms with Crippen molar-refractivity contribution in [3.63, 3.8) is 0 Å². The molecule has 2 aliphatic heterocycles. The monoisotopic (exact) mass is 546 g/mol. The molecule has 10 nitrogen and oxygen atoms in total. The number of carbonyl (C=O) groups is 2. The molecule has 3 aliphatic rings. The van der Waals surface area contributed by atoms with E-state index < -0.39 is 17.5 Å². The number of aliphatic hydroxyl groups excluding tert-OH is 1. The molecular weight excluding hydrogens is 508 g/mol. The van der Waals surface area contributed by atoms with E-state index in [1.165, 1.54) is 0 Å². The molecule has 0 spiro atoms. The minimum absolute atomic E-state index is 0.155. The lowest BCUT2D eigenvalue weighted by molar-refractivity contribution is -0.135. The van der Waals surface area contributed by atoms with Crippen molar-refractivity contribution in [3.8, 4) is 0 Å². The normalized spacial score (nSPS) is 22.7. The molecule has 0 radical (unpaired) electrons. The van der Waals surface area contributed by atoms with Crippen molar-refractivity contribution >= 4 is 23.3 Å². The van der Waals surface area contributed by atoms with Crippen LogP contribution in [0.15, 0.2) is 42.1 Å². The van der Waals surface area contributed by atoms with Crippen molar-refractivity contribution in [3.05, 3.63) is 64.8 Å². The molecule has 212 valence electrons. The van der Waals surface area contributed by atoms with Gasteiger partial charge in [-0.05, 0) is 69.4 Å². The number of carbonyl (C=O) groups excluding carboxylic acids is 2. The average Bonchev–Trinajstić information content (AvgIpc) is 3.22. The van der Waals surface area contributed by atoms with Crippen LogP contribution in [0.5, 0.6) is 0 Å². The fourth-order valence-electron chi connectivity index (χ4n) is 5.62. The van der Waals surface area contributed by atoms with Gasteiger partial charge < -0.3 is 25.4 Å². The summed E-state index contributed by atoms with van der Waals surface area (Å²) in [6.07, 6.45) is 8.35. The second-order valence-corrected chi connectivity index (χ2v) is 11.3. The number of amides is 2. The molecule has 2 aromatic rings. The lowest BCUT2D eigenvalue weighted by atomic mass is 9.76. The Morgan fingerprint density at radius 1 is 1.25 bits per heavy atom. The van der Waals surface area contributed by atoms with Gasteiger partial charge in [0.1, 0.15) is 6.04 Å². The largest absolute Gasteiger partial charge is 0.394 e. The molecule has 1 unspecified atom stereocenters. The average molecular weight is 547 g/mol. The Morgan fingerprint density at radius 3 is 2.75 bits per heavy atom. The number of rotatable bonds is 8. The number of nitrogens with one attached hydrogen (secondary N) is 2. The Labute approximate surface area is 235 Å². The topological polar surface area (TPSA) is 130 Å². The molecule has 2 saturated heterocycles. The van der Waals surface area contributed by atoms with Gasteiger partial charge in [0.05, 0.1) is 24.0 Å². The summed E-state index contributed by atoms with van der Waals surface area (Å²) in [6, 6.07) is 4.38. The summed E-state index contributed by atoms with van der Waals surface area (Å²) in [6.45, 7) is 9.21. The van der Waals surface area contributed by atoms with Crippen LogP contribution in [-0.2, 0) is 14.3 Å². The summed E-state index contributed by atoms with van der Waals surface area (Å²) in [5, 5.41) is 16.2. The molecule has 4 heterocycles. The minimum atomic E-state index is -0.714. The van der Waals surface area contributed by atoms with E-state index in [2.05, 4.69) is 33.6 Å². The molecule has 2 fully saturated rings. The number of nitrogens with zero attached hydrogens (tertiary/aromatic N) is 4. The van der Waals surface area contributed by atoms with E-state index >= 15 is 0 Å². The third kappa shape index (κ3) is 5.64. The standard InChI is InChI=1S/C30H38N6O4/c1-18-15-31-29(33-22-9-12-40-13-10-22)35-26(18)21-8-11-30(4)17-36(28(39)23(30)14-21)20(3)27(38)34-25(16-37)24-7-5-6-19(2)32-24/h5-8,14-15,20,22,25,37H,9-13,16-17H2,1-4H3,(H,34,38)(H,31,33,35)/t20-,25-,30?/m1/s1. The molecule has 1 aliphatic carbocycles. The maximum absolute atomic E-state index is 13.7. The first-order valence-corrected chi connectivity index (χ1v) is 13.9. The van der Waals surface area contributed by atoms with Crippen LogP contribution >= 0.6 is 0 Å². The number of aromatic nitrogens is 3. The smallest absolute Gasteiger partial charge is 0.251 e. The van der Waals surface area contributed by atoms with Gasteiger partial charge in [-0.2, -0.15) is 0 Å². The van der Waals surface area contributed by atoms with Gasteiger partial charge in [0.2, 0.25) is 11.9 Å². The zero-order valence-electron chi connectivity index (χ0n) is 23.6. The maximum Gasteiger partial charge on any atom is 0.251 e. The number of anilines is 1. The van der Waals surface area contributed by atoms with E-state index in [0.717, 1.165) is 48.6 Å². The SMILES string of the molecule is Cc1cccc([C@@H](CO)NC(=O)[C@@H](C)N2CC3(C)CC=C(c4nc(NC5CCOCC5)ncc4C)C=C3C2=O)n1. The van der Waals surface area contributed by atoms with Crippen molar-refractivity contribution in [1.29, 1.82) is 0 Å². The quantitative estimate of drug-likeness (QED) is 0.461. The number of pyridine rings is 1. The van der Waals surface area contributed by atoms with E-state index in [1.54, 1.807) is 17.9 Å². The van der Waals surface area contributed by atoms with E-state index in [1.807, 2.05) is 38.3 Å². The van der Waals surface area contributed by atoms with Gasteiger partial charge in [-0.25, -0.2) is 9.97 Å². The Bertz CT molecular complexity index is 1350. The molecule has 0 saturated carbocycles. The van der Waals surface area contributed by atoms with Crippen molar-refractivity contribution < 1.29 is 19.4 Å². The lowest BCUT2D eigenvalue weighted by Gasteiger charge is -2.29. The molecule has 3 atom stereocenters. The number of hydrogen-bond donors (Lipinski definition) is 3. The summed E-state index contributed by atoms with van der Waals surface area (Å²) >= 11 is 0. The first kappa shape index (κ1) is 27.9. The number of fused-ring (bicyclic) bond motifs is 1. The van der Waals surface area contributed by atoms with Gasteiger partial charge in [0.25, 0.3) is 5.91 Å². The molecule has 3 N–H and O–H groups in total. The molecule has 0 aromatic carbocycles. The highest BCUT2D eigenvalue weighted by atomic mass is 16.5. The van der Waals surface area contributed by atoms with Crippen molar-refractivity contribution in [1.82, 2.24) is 25.2 Å². The Morgan fingerprint density at radius 2 is 2.02 bits per heavy atom. The molecule has 2 aromatic heterocycles. The molecule has 2 amide bonds. The molecular formula is C30H38N6O4. The predicted molar refractivity (Wildman–Crippen MR) is 151 cm³/mol. The fourth-order valence-corrected chi connectivity index (χ4v) is 5.62. The number of allylic oxidation sites excluding steroid dienone is 3. The molecule has 5 rings (SSSR count). The Hall–Kier alpha value is -3.63. The van der Waals surface area contributed by atoms with Crippen LogP contribution in [0.4, 0.5) is 5.95 Å². The second-order valence-electron chi connectivity index (χ2n) is 11.3. The molecule has 40 heavy (non-hydrogen) atoms. The lowest BCUT2D eigenvalue weighted by Crippen LogP contribution is -2.47. The molecule has 0 bridgehead atoms. The Balaban J connectivity index is 1.32. The van der Waals surface area contributed by atoms with Crippen LogP contribution in [0.1, 0.15) is 61.8 Å². The summed E-state index contributed by atoms with van der Waals surface area (Å²) in [5.74, 6) is 0.0887. The van der Waals surface area contributed by atoms with Crippen molar-refractivity contribution in [2.24, 2.45) is 5.41 Å². The van der Waals surface area contributed by atoms with E-state index in [9.17, 15) is 14.7 Å². The van der Waals surface area contributed by atoms with Gasteiger partial charge in [0.15, 0.2) is 0 Å². The zero-order chi connectivity index (χ0) is 28.4. The highest BCUT2D eigenvalue weighted by molar-refractivity contribution is 6.03. The summed E-state index contributed by atoms with van der Waals surface area (Å²) in [7, 11) is 0. The first-order chi connectivity index (χ1) is 19.2. The summed E-state index contributed by atoms with van der Waals surface area (Å²) in [4.78, 5) is 42.3. The number of aryl methyl sites for hydroxylation is 2. The zero-order valence-corrected chi connectivity index (χ0v) is 23.6. The Kier molecular flexibility index (Phi) is 8.00. The van der Waals surface area contributed by atoms with Crippen LogP contribution in [0.2, 0.25) is 0 Å². The fraction of sp³-hybridized carbons (Fsp3) is 0.500. The van der Waals surface area contributed by atoms with E-state index in [-0.39, 0.29) is 24.5 Å². The van der Waals surface area contributed by atoms with Crippen LogP contribution in [0, 0.1) is 19.3 Å². The van der Waals surface area contributed by atoms with Crippen LogP contribution in [0.25, 0.3) is 5.57 Å². The summed E-state index contributed by atoms with van der Waals surface area (Å²) < 4.78 is 5.45. The van der Waals surface area contributed by atoms with Gasteiger partial charge in [-0.1, -0.05) is 19.1 Å². The second kappa shape index (κ2) is 11.5. The van der Waals surface area contributed by atoms with Crippen LogP contribution < -0.4 is 10.6 Å². The predicted octanol–water partition coefficient (Wildman–Crippen LogP) is 2.88. The number of hydrogen-bond acceptors (Lipinski definition) is 8. The number of likely N-dealkylation sites (tertiary alicyclic amines) is 1. The van der Waals surface area contributed by atoms with Crippen LogP contribution in [-0.4, -0.2) is 75.2 Å². The third-order valence-corrected chi connectivity index (χ3v) is 8.15. The molecule has 10 heteroatoms.